The van der Waals surface area contributed by atoms with E-state index in [1.165, 1.54) is 0 Å². The minimum atomic E-state index is -4.22. The second kappa shape index (κ2) is 9.12. The summed E-state index contributed by atoms with van der Waals surface area (Å²) >= 11 is 0. The average molecular weight is 444 g/mol. The SMILES string of the molecule is CC(C)(C)OC(=O)N1CCC(n2cccc2C(=O)NC2CCCC(C(F)(F)F)C2)CC1. The highest BCUT2D eigenvalue weighted by Crippen LogP contribution is 2.37. The molecular formula is C22H32F3N3O3. The number of halogens is 3. The second-order valence-electron chi connectivity index (χ2n) is 9.57. The molecule has 2 aliphatic rings. The first-order valence-corrected chi connectivity index (χ1v) is 11.0. The molecule has 1 aromatic rings. The second-order valence-corrected chi connectivity index (χ2v) is 9.57. The molecule has 1 aromatic heterocycles. The third kappa shape index (κ3) is 6.17. The molecule has 2 heterocycles. The van der Waals surface area contributed by atoms with Crippen LogP contribution in [0.25, 0.3) is 0 Å². The number of piperidine rings is 1. The van der Waals surface area contributed by atoms with Crippen LogP contribution >= 0.6 is 0 Å². The molecule has 0 aromatic carbocycles. The van der Waals surface area contributed by atoms with Crippen LogP contribution in [-0.4, -0.2) is 52.4 Å². The van der Waals surface area contributed by atoms with Crippen molar-refractivity contribution in [2.75, 3.05) is 13.1 Å². The number of carbonyl (C=O) groups excluding carboxylic acids is 2. The van der Waals surface area contributed by atoms with Crippen molar-refractivity contribution in [3.05, 3.63) is 24.0 Å². The maximum absolute atomic E-state index is 13.1. The number of aromatic nitrogens is 1. The van der Waals surface area contributed by atoms with E-state index < -0.39 is 23.7 Å². The lowest BCUT2D eigenvalue weighted by atomic mass is 9.85. The predicted octanol–water partition coefficient (Wildman–Crippen LogP) is 4.91. The van der Waals surface area contributed by atoms with Crippen molar-refractivity contribution in [1.82, 2.24) is 14.8 Å². The van der Waals surface area contributed by atoms with Gasteiger partial charge in [-0.1, -0.05) is 6.42 Å². The predicted molar refractivity (Wildman–Crippen MR) is 110 cm³/mol. The molecule has 2 amide bonds. The van der Waals surface area contributed by atoms with Gasteiger partial charge in [0.1, 0.15) is 11.3 Å². The third-order valence-corrected chi connectivity index (χ3v) is 5.99. The minimum absolute atomic E-state index is 0.0451. The van der Waals surface area contributed by atoms with E-state index in [0.717, 1.165) is 0 Å². The lowest BCUT2D eigenvalue weighted by molar-refractivity contribution is -0.183. The van der Waals surface area contributed by atoms with Crippen molar-refractivity contribution >= 4 is 12.0 Å². The summed E-state index contributed by atoms with van der Waals surface area (Å²) in [6.07, 6.45) is -0.304. The third-order valence-electron chi connectivity index (χ3n) is 5.99. The van der Waals surface area contributed by atoms with Gasteiger partial charge in [0.2, 0.25) is 0 Å². The highest BCUT2D eigenvalue weighted by molar-refractivity contribution is 5.93. The molecule has 2 fully saturated rings. The van der Waals surface area contributed by atoms with E-state index in [1.807, 2.05) is 31.5 Å². The molecule has 31 heavy (non-hydrogen) atoms. The van der Waals surface area contributed by atoms with Crippen molar-refractivity contribution in [1.29, 1.82) is 0 Å². The maximum atomic E-state index is 13.1. The Labute approximate surface area is 181 Å². The fourth-order valence-electron chi connectivity index (χ4n) is 4.44. The highest BCUT2D eigenvalue weighted by Gasteiger charge is 2.42. The summed E-state index contributed by atoms with van der Waals surface area (Å²) in [5.41, 5.74) is -0.103. The van der Waals surface area contributed by atoms with Crippen LogP contribution in [0.15, 0.2) is 18.3 Å². The number of ether oxygens (including phenoxy) is 1. The average Bonchev–Trinajstić information content (AvgIpc) is 3.16. The Morgan fingerprint density at radius 3 is 2.39 bits per heavy atom. The highest BCUT2D eigenvalue weighted by atomic mass is 19.4. The number of rotatable bonds is 3. The van der Waals surface area contributed by atoms with Crippen LogP contribution in [0.4, 0.5) is 18.0 Å². The topological polar surface area (TPSA) is 63.6 Å². The van der Waals surface area contributed by atoms with Crippen LogP contribution < -0.4 is 5.32 Å². The number of likely N-dealkylation sites (tertiary alicyclic amines) is 1. The van der Waals surface area contributed by atoms with Gasteiger partial charge in [-0.05, 0) is 65.0 Å². The largest absolute Gasteiger partial charge is 0.444 e. The molecule has 9 heteroatoms. The summed E-state index contributed by atoms with van der Waals surface area (Å²) < 4.78 is 46.5. The molecule has 1 saturated carbocycles. The number of hydrogen-bond acceptors (Lipinski definition) is 3. The van der Waals surface area contributed by atoms with E-state index in [0.29, 0.717) is 44.5 Å². The van der Waals surface area contributed by atoms with Gasteiger partial charge >= 0.3 is 12.3 Å². The lowest BCUT2D eigenvalue weighted by Gasteiger charge is -2.35. The van der Waals surface area contributed by atoms with Gasteiger partial charge in [0.05, 0.1) is 5.92 Å². The van der Waals surface area contributed by atoms with Crippen LogP contribution in [0, 0.1) is 5.92 Å². The monoisotopic (exact) mass is 443 g/mol. The smallest absolute Gasteiger partial charge is 0.410 e. The first kappa shape index (κ1) is 23.5. The molecule has 0 bridgehead atoms. The van der Waals surface area contributed by atoms with Gasteiger partial charge in [0, 0.05) is 31.4 Å². The normalized spacial score (nSPS) is 23.5. The molecule has 1 aliphatic carbocycles. The van der Waals surface area contributed by atoms with E-state index in [1.54, 1.807) is 17.0 Å². The van der Waals surface area contributed by atoms with Crippen LogP contribution in [0.2, 0.25) is 0 Å². The van der Waals surface area contributed by atoms with Crippen LogP contribution in [-0.2, 0) is 4.74 Å². The molecular weight excluding hydrogens is 411 g/mol. The number of nitrogens with zero attached hydrogens (tertiary/aromatic N) is 2. The van der Waals surface area contributed by atoms with Gasteiger partial charge in [-0.2, -0.15) is 13.2 Å². The Kier molecular flexibility index (Phi) is 6.91. The summed E-state index contributed by atoms with van der Waals surface area (Å²) in [5.74, 6) is -1.69. The van der Waals surface area contributed by atoms with Crippen molar-refractivity contribution in [2.24, 2.45) is 5.92 Å². The molecule has 0 spiro atoms. The van der Waals surface area contributed by atoms with Gasteiger partial charge < -0.3 is 19.5 Å². The number of nitrogens with one attached hydrogen (secondary N) is 1. The van der Waals surface area contributed by atoms with E-state index in [-0.39, 0.29) is 30.9 Å². The van der Waals surface area contributed by atoms with Crippen molar-refractivity contribution in [3.63, 3.8) is 0 Å². The van der Waals surface area contributed by atoms with Gasteiger partial charge in [-0.25, -0.2) is 4.79 Å². The van der Waals surface area contributed by atoms with Crippen molar-refractivity contribution < 1.29 is 27.5 Å². The zero-order valence-electron chi connectivity index (χ0n) is 18.4. The van der Waals surface area contributed by atoms with Crippen molar-refractivity contribution in [2.45, 2.75) is 83.2 Å². The molecule has 1 saturated heterocycles. The zero-order chi connectivity index (χ0) is 22.8. The van der Waals surface area contributed by atoms with Gasteiger partial charge in [-0.15, -0.1) is 0 Å². The Morgan fingerprint density at radius 2 is 1.77 bits per heavy atom. The maximum Gasteiger partial charge on any atom is 0.410 e. The lowest BCUT2D eigenvalue weighted by Crippen LogP contribution is -2.43. The molecule has 174 valence electrons. The summed E-state index contributed by atoms with van der Waals surface area (Å²) in [5, 5.41) is 2.81. The first-order chi connectivity index (χ1) is 14.4. The van der Waals surface area contributed by atoms with E-state index in [9.17, 15) is 22.8 Å². The Balaban J connectivity index is 1.57. The van der Waals surface area contributed by atoms with Crippen molar-refractivity contribution in [3.8, 4) is 0 Å². The van der Waals surface area contributed by atoms with Gasteiger partial charge in [0.15, 0.2) is 0 Å². The van der Waals surface area contributed by atoms with Crippen LogP contribution in [0.3, 0.4) is 0 Å². The van der Waals surface area contributed by atoms with Crippen LogP contribution in [0.1, 0.15) is 75.8 Å². The van der Waals surface area contributed by atoms with Gasteiger partial charge in [0.25, 0.3) is 5.91 Å². The van der Waals surface area contributed by atoms with E-state index in [4.69, 9.17) is 4.74 Å². The number of amides is 2. The summed E-state index contributed by atoms with van der Waals surface area (Å²) in [4.78, 5) is 26.7. The molecule has 6 nitrogen and oxygen atoms in total. The fraction of sp³-hybridized carbons (Fsp3) is 0.727. The summed E-state index contributed by atoms with van der Waals surface area (Å²) in [6.45, 7) is 6.52. The Hall–Kier alpha value is -2.19. The Bertz CT molecular complexity index is 777. The fourth-order valence-corrected chi connectivity index (χ4v) is 4.44. The Morgan fingerprint density at radius 1 is 1.10 bits per heavy atom. The molecule has 2 unspecified atom stereocenters. The van der Waals surface area contributed by atoms with Crippen LogP contribution in [0.5, 0.6) is 0 Å². The number of carbonyl (C=O) groups is 2. The van der Waals surface area contributed by atoms with E-state index in [2.05, 4.69) is 5.32 Å². The van der Waals surface area contributed by atoms with Gasteiger partial charge in [-0.3, -0.25) is 4.79 Å². The minimum Gasteiger partial charge on any atom is -0.444 e. The standard InChI is InChI=1S/C22H32F3N3O3/c1-21(2,3)31-20(30)27-12-9-17(10-13-27)28-11-5-8-18(28)19(29)26-16-7-4-6-15(14-16)22(23,24)25/h5,8,11,15-17H,4,6-7,9-10,12-14H2,1-3H3,(H,26,29). The molecule has 3 rings (SSSR count). The molecule has 2 atom stereocenters. The zero-order valence-corrected chi connectivity index (χ0v) is 18.4. The number of hydrogen-bond donors (Lipinski definition) is 1. The first-order valence-electron chi connectivity index (χ1n) is 11.0. The quantitative estimate of drug-likeness (QED) is 0.722. The summed E-state index contributed by atoms with van der Waals surface area (Å²) in [7, 11) is 0. The molecule has 0 radical (unpaired) electrons. The van der Waals surface area contributed by atoms with E-state index >= 15 is 0 Å². The summed E-state index contributed by atoms with van der Waals surface area (Å²) in [6, 6.07) is 3.04. The molecule has 1 aliphatic heterocycles. The molecule has 1 N–H and O–H groups in total. The number of alkyl halides is 3.